The molecular formula is C24H28N6O2. The fourth-order valence-electron chi connectivity index (χ4n) is 4.13. The van der Waals surface area contributed by atoms with Crippen LogP contribution in [0.3, 0.4) is 0 Å². The van der Waals surface area contributed by atoms with Crippen LogP contribution in [0.1, 0.15) is 49.4 Å². The van der Waals surface area contributed by atoms with Crippen molar-refractivity contribution in [1.29, 1.82) is 0 Å². The van der Waals surface area contributed by atoms with E-state index in [2.05, 4.69) is 28.5 Å². The van der Waals surface area contributed by atoms with Gasteiger partial charge in [-0.15, -0.1) is 0 Å². The number of imidazole rings is 1. The van der Waals surface area contributed by atoms with Crippen molar-refractivity contribution in [2.24, 2.45) is 0 Å². The summed E-state index contributed by atoms with van der Waals surface area (Å²) in [5, 5.41) is 18.6. The predicted octanol–water partition coefficient (Wildman–Crippen LogP) is 3.51. The van der Waals surface area contributed by atoms with E-state index in [-0.39, 0.29) is 6.10 Å². The molecule has 5 rings (SSSR count). The van der Waals surface area contributed by atoms with Gasteiger partial charge in [-0.25, -0.2) is 14.5 Å². The van der Waals surface area contributed by atoms with Crippen molar-refractivity contribution < 1.29 is 9.84 Å². The maximum Gasteiger partial charge on any atom is 0.156 e. The number of hydrogen-bond acceptors (Lipinski definition) is 6. The number of aryl methyl sites for hydroxylation is 1. The monoisotopic (exact) mass is 432 g/mol. The summed E-state index contributed by atoms with van der Waals surface area (Å²) in [4.78, 5) is 8.88. The highest BCUT2D eigenvalue weighted by Crippen LogP contribution is 2.31. The third-order valence-corrected chi connectivity index (χ3v) is 5.82. The highest BCUT2D eigenvalue weighted by atomic mass is 16.5. The summed E-state index contributed by atoms with van der Waals surface area (Å²) in [5.41, 5.74) is 4.18. The summed E-state index contributed by atoms with van der Waals surface area (Å²) in [5.74, 6) is 0. The molecule has 3 aromatic heterocycles. The van der Waals surface area contributed by atoms with Crippen molar-refractivity contribution in [2.75, 3.05) is 13.2 Å². The molecule has 1 aliphatic rings. The smallest absolute Gasteiger partial charge is 0.156 e. The zero-order valence-corrected chi connectivity index (χ0v) is 18.0. The molecule has 32 heavy (non-hydrogen) atoms. The molecule has 2 atom stereocenters. The van der Waals surface area contributed by atoms with E-state index in [0.717, 1.165) is 55.8 Å². The highest BCUT2D eigenvalue weighted by molar-refractivity contribution is 5.62. The first-order valence-corrected chi connectivity index (χ1v) is 11.2. The first kappa shape index (κ1) is 20.8. The Morgan fingerprint density at radius 1 is 1.19 bits per heavy atom. The Labute approximate surface area is 186 Å². The van der Waals surface area contributed by atoms with Crippen LogP contribution >= 0.6 is 0 Å². The molecule has 1 aromatic carbocycles. The molecule has 0 aliphatic carbocycles. The van der Waals surface area contributed by atoms with Gasteiger partial charge in [0.1, 0.15) is 11.9 Å². The highest BCUT2D eigenvalue weighted by Gasteiger charge is 2.23. The topological polar surface area (TPSA) is 89.5 Å². The van der Waals surface area contributed by atoms with Crippen LogP contribution in [-0.2, 0) is 11.3 Å². The normalized spacial score (nSPS) is 17.6. The molecule has 2 unspecified atom stereocenters. The zero-order valence-electron chi connectivity index (χ0n) is 18.0. The van der Waals surface area contributed by atoms with Crippen molar-refractivity contribution in [3.05, 3.63) is 72.6 Å². The number of rotatable bonds is 8. The lowest BCUT2D eigenvalue weighted by molar-refractivity contribution is 0.0109. The molecule has 4 aromatic rings. The predicted molar refractivity (Wildman–Crippen MR) is 121 cm³/mol. The van der Waals surface area contributed by atoms with E-state index in [0.29, 0.717) is 17.9 Å². The van der Waals surface area contributed by atoms with Gasteiger partial charge in [-0.3, -0.25) is 5.32 Å². The van der Waals surface area contributed by atoms with Crippen LogP contribution in [-0.4, -0.2) is 42.4 Å². The summed E-state index contributed by atoms with van der Waals surface area (Å²) in [6.07, 6.45) is 8.66. The quantitative estimate of drug-likeness (QED) is 0.327. The van der Waals surface area contributed by atoms with Gasteiger partial charge in [-0.05, 0) is 38.3 Å². The summed E-state index contributed by atoms with van der Waals surface area (Å²) in [6, 6.07) is 14.1. The second-order valence-electron chi connectivity index (χ2n) is 8.14. The van der Waals surface area contributed by atoms with Gasteiger partial charge < -0.3 is 14.4 Å². The maximum absolute atomic E-state index is 10.7. The van der Waals surface area contributed by atoms with Crippen molar-refractivity contribution in [2.45, 2.75) is 44.6 Å². The lowest BCUT2D eigenvalue weighted by Crippen LogP contribution is -2.23. The molecule has 8 heteroatoms. The standard InChI is InChI=1S/C24H28N6O2/c31-24(26-10-6-12-29-13-11-25-17-29)20-16-23-27-19(18-7-2-1-3-8-18)15-21(30(23)28-20)22-9-4-5-14-32-22/h1-3,7-8,11,13,15-17,22,24,26,31H,4-6,9-10,12,14H2. The molecule has 1 saturated heterocycles. The number of benzene rings is 1. The Morgan fingerprint density at radius 2 is 2.09 bits per heavy atom. The van der Waals surface area contributed by atoms with Crippen LogP contribution in [0.5, 0.6) is 0 Å². The molecule has 166 valence electrons. The third-order valence-electron chi connectivity index (χ3n) is 5.82. The van der Waals surface area contributed by atoms with Crippen LogP contribution in [0.15, 0.2) is 61.2 Å². The largest absolute Gasteiger partial charge is 0.373 e. The third kappa shape index (κ3) is 4.57. The number of ether oxygens (including phenoxy) is 1. The number of nitrogens with zero attached hydrogens (tertiary/aromatic N) is 5. The van der Waals surface area contributed by atoms with E-state index in [1.54, 1.807) is 12.5 Å². The van der Waals surface area contributed by atoms with E-state index in [4.69, 9.17) is 14.8 Å². The Balaban J connectivity index is 1.39. The van der Waals surface area contributed by atoms with Gasteiger partial charge in [0.25, 0.3) is 0 Å². The average molecular weight is 433 g/mol. The molecule has 8 nitrogen and oxygen atoms in total. The van der Waals surface area contributed by atoms with Crippen molar-refractivity contribution in [1.82, 2.24) is 29.5 Å². The van der Waals surface area contributed by atoms with Gasteiger partial charge in [0, 0.05) is 37.2 Å². The molecule has 2 N–H and O–H groups in total. The van der Waals surface area contributed by atoms with Gasteiger partial charge in [0.15, 0.2) is 5.65 Å². The van der Waals surface area contributed by atoms with Gasteiger partial charge in [-0.1, -0.05) is 30.3 Å². The van der Waals surface area contributed by atoms with Gasteiger partial charge >= 0.3 is 0 Å². The van der Waals surface area contributed by atoms with Crippen LogP contribution in [0.25, 0.3) is 16.9 Å². The van der Waals surface area contributed by atoms with E-state index in [9.17, 15) is 5.11 Å². The second kappa shape index (κ2) is 9.60. The van der Waals surface area contributed by atoms with E-state index >= 15 is 0 Å². The van der Waals surface area contributed by atoms with Crippen LogP contribution < -0.4 is 5.32 Å². The van der Waals surface area contributed by atoms with Crippen LogP contribution in [0, 0.1) is 0 Å². The van der Waals surface area contributed by atoms with Crippen LogP contribution in [0.2, 0.25) is 0 Å². The zero-order chi connectivity index (χ0) is 21.8. The van der Waals surface area contributed by atoms with Crippen molar-refractivity contribution in [3.63, 3.8) is 0 Å². The fourth-order valence-corrected chi connectivity index (χ4v) is 4.13. The molecule has 0 saturated carbocycles. The number of nitrogens with one attached hydrogen (secondary N) is 1. The molecule has 1 fully saturated rings. The van der Waals surface area contributed by atoms with Crippen molar-refractivity contribution in [3.8, 4) is 11.3 Å². The summed E-state index contributed by atoms with van der Waals surface area (Å²) >= 11 is 0. The Kier molecular flexibility index (Phi) is 6.24. The molecule has 0 spiro atoms. The number of hydrogen-bond donors (Lipinski definition) is 2. The maximum atomic E-state index is 10.7. The molecular weight excluding hydrogens is 404 g/mol. The Morgan fingerprint density at radius 3 is 2.88 bits per heavy atom. The minimum Gasteiger partial charge on any atom is -0.373 e. The molecule has 0 radical (unpaired) electrons. The first-order valence-electron chi connectivity index (χ1n) is 11.2. The molecule has 4 heterocycles. The fraction of sp³-hybridized carbons (Fsp3) is 0.375. The molecule has 1 aliphatic heterocycles. The van der Waals surface area contributed by atoms with Crippen LogP contribution in [0.4, 0.5) is 0 Å². The average Bonchev–Trinajstić information content (AvgIpc) is 3.52. The summed E-state index contributed by atoms with van der Waals surface area (Å²) in [7, 11) is 0. The minimum atomic E-state index is -0.861. The number of fused-ring (bicyclic) bond motifs is 1. The Bertz CT molecular complexity index is 1140. The van der Waals surface area contributed by atoms with E-state index < -0.39 is 6.23 Å². The van der Waals surface area contributed by atoms with Gasteiger partial charge in [0.2, 0.25) is 0 Å². The summed E-state index contributed by atoms with van der Waals surface area (Å²) in [6.45, 7) is 2.26. The molecule has 0 bridgehead atoms. The number of aliphatic hydroxyl groups excluding tert-OH is 1. The SMILES string of the molecule is OC(NCCCn1ccnc1)c1cc2nc(-c3ccccc3)cc(C3CCCCO3)n2n1. The lowest BCUT2D eigenvalue weighted by Gasteiger charge is -2.23. The Hall–Kier alpha value is -3.07. The second-order valence-corrected chi connectivity index (χ2v) is 8.14. The molecule has 0 amide bonds. The lowest BCUT2D eigenvalue weighted by atomic mass is 10.0. The minimum absolute atomic E-state index is 0.0234. The van der Waals surface area contributed by atoms with Gasteiger partial charge in [0.05, 0.1) is 23.8 Å². The van der Waals surface area contributed by atoms with Gasteiger partial charge in [-0.2, -0.15) is 5.10 Å². The van der Waals surface area contributed by atoms with E-state index in [1.807, 2.05) is 39.5 Å². The first-order chi connectivity index (χ1) is 15.8. The van der Waals surface area contributed by atoms with Crippen molar-refractivity contribution >= 4 is 5.65 Å². The number of aliphatic hydroxyl groups is 1. The van der Waals surface area contributed by atoms with E-state index in [1.165, 1.54) is 0 Å². The summed E-state index contributed by atoms with van der Waals surface area (Å²) < 4.78 is 9.92. The number of aromatic nitrogens is 5.